The number of carbonyl (C=O) groups is 2. The van der Waals surface area contributed by atoms with Gasteiger partial charge in [-0.1, -0.05) is 54.2 Å². The van der Waals surface area contributed by atoms with Gasteiger partial charge < -0.3 is 15.4 Å². The van der Waals surface area contributed by atoms with Gasteiger partial charge >= 0.3 is 5.97 Å². The Hall–Kier alpha value is -3.13. The van der Waals surface area contributed by atoms with E-state index in [2.05, 4.69) is 15.3 Å². The summed E-state index contributed by atoms with van der Waals surface area (Å²) >= 11 is 1.24. The molecule has 3 rings (SSSR count). The van der Waals surface area contributed by atoms with E-state index in [9.17, 15) is 19.5 Å². The van der Waals surface area contributed by atoms with Crippen molar-refractivity contribution < 1.29 is 14.7 Å². The Balaban J connectivity index is 1.55. The van der Waals surface area contributed by atoms with Crippen LogP contribution in [0, 0.1) is 0 Å². The van der Waals surface area contributed by atoms with Crippen LogP contribution in [0.3, 0.4) is 0 Å². The molecule has 7 nitrogen and oxygen atoms in total. The van der Waals surface area contributed by atoms with Gasteiger partial charge in [-0.15, -0.1) is 0 Å². The Morgan fingerprint density at radius 1 is 1.11 bits per heavy atom. The van der Waals surface area contributed by atoms with E-state index < -0.39 is 12.0 Å². The van der Waals surface area contributed by atoms with Crippen LogP contribution >= 0.6 is 11.8 Å². The number of nitrogens with one attached hydrogen (secondary N) is 2. The number of thioether (sulfide) groups is 1. The van der Waals surface area contributed by atoms with Gasteiger partial charge in [0.05, 0.1) is 10.9 Å². The second kappa shape index (κ2) is 9.18. The lowest BCUT2D eigenvalue weighted by Gasteiger charge is -2.14. The van der Waals surface area contributed by atoms with Gasteiger partial charge in [-0.3, -0.25) is 9.59 Å². The number of H-pyrrole nitrogens is 1. The predicted octanol–water partition coefficient (Wildman–Crippen LogP) is 2.22. The van der Waals surface area contributed by atoms with Gasteiger partial charge in [0.25, 0.3) is 5.56 Å². The smallest absolute Gasteiger partial charge is 0.326 e. The number of carboxylic acid groups (broad SMARTS) is 1. The molecule has 1 heterocycles. The first-order valence-corrected chi connectivity index (χ1v) is 9.69. The molecule has 1 aromatic heterocycles. The zero-order valence-electron chi connectivity index (χ0n) is 14.9. The lowest BCUT2D eigenvalue weighted by atomic mass is 10.1. The predicted molar refractivity (Wildman–Crippen MR) is 107 cm³/mol. The lowest BCUT2D eigenvalue weighted by molar-refractivity contribution is -0.141. The van der Waals surface area contributed by atoms with Gasteiger partial charge in [0.2, 0.25) is 5.91 Å². The molecule has 0 saturated carbocycles. The van der Waals surface area contributed by atoms with Crippen LogP contribution in [0.15, 0.2) is 64.5 Å². The minimum Gasteiger partial charge on any atom is -0.480 e. The first-order valence-electron chi connectivity index (χ1n) is 8.71. The van der Waals surface area contributed by atoms with Crippen molar-refractivity contribution >= 4 is 34.5 Å². The third-order valence-electron chi connectivity index (χ3n) is 4.08. The molecule has 1 atom stereocenters. The summed E-state index contributed by atoms with van der Waals surface area (Å²) < 4.78 is 0. The number of aromatic amines is 1. The number of carboxylic acids is 1. The normalized spacial score (nSPS) is 11.9. The van der Waals surface area contributed by atoms with Crippen molar-refractivity contribution in [3.05, 3.63) is 70.5 Å². The zero-order valence-corrected chi connectivity index (χ0v) is 15.7. The number of rotatable bonds is 8. The Kier molecular flexibility index (Phi) is 6.44. The summed E-state index contributed by atoms with van der Waals surface area (Å²) in [5.74, 6) is -1.07. The van der Waals surface area contributed by atoms with Gasteiger partial charge in [-0.05, 0) is 17.7 Å². The number of benzene rings is 2. The van der Waals surface area contributed by atoms with E-state index in [4.69, 9.17) is 0 Å². The maximum Gasteiger partial charge on any atom is 0.326 e. The molecule has 28 heavy (non-hydrogen) atoms. The molecule has 0 fully saturated rings. The fourth-order valence-electron chi connectivity index (χ4n) is 2.69. The highest BCUT2D eigenvalue weighted by molar-refractivity contribution is 7.99. The minimum atomic E-state index is -1.08. The third kappa shape index (κ3) is 5.20. The Labute approximate surface area is 165 Å². The molecule has 144 valence electrons. The van der Waals surface area contributed by atoms with Gasteiger partial charge in [-0.25, -0.2) is 9.78 Å². The van der Waals surface area contributed by atoms with Crippen molar-refractivity contribution in [1.82, 2.24) is 15.3 Å². The van der Waals surface area contributed by atoms with E-state index in [1.165, 1.54) is 11.8 Å². The van der Waals surface area contributed by atoms with Crippen LogP contribution in [0.5, 0.6) is 0 Å². The summed E-state index contributed by atoms with van der Waals surface area (Å²) in [5, 5.41) is 12.8. The van der Waals surface area contributed by atoms with Crippen molar-refractivity contribution in [2.75, 3.05) is 5.75 Å². The molecule has 3 N–H and O–H groups in total. The number of hydrogen-bond acceptors (Lipinski definition) is 5. The maximum absolute atomic E-state index is 12.1. The zero-order chi connectivity index (χ0) is 19.9. The standard InChI is InChI=1S/C20H19N3O4S/c24-17(21-16(19(26)27)12-13-6-2-1-3-7-13)10-11-28-20-22-15-9-5-4-8-14(15)18(25)23-20/h1-9,16H,10-12H2,(H,21,24)(H,26,27)(H,22,23,25)/t16-/m1/s1. The number of amides is 1. The molecule has 0 saturated heterocycles. The molecule has 0 aliphatic rings. The second-order valence-electron chi connectivity index (χ2n) is 6.13. The van der Waals surface area contributed by atoms with Crippen LogP contribution in [0.4, 0.5) is 0 Å². The van der Waals surface area contributed by atoms with Crippen molar-refractivity contribution in [2.24, 2.45) is 0 Å². The first kappa shape index (κ1) is 19.6. The van der Waals surface area contributed by atoms with E-state index in [0.717, 1.165) is 5.56 Å². The molecule has 0 unspecified atom stereocenters. The second-order valence-corrected chi connectivity index (χ2v) is 7.22. The summed E-state index contributed by atoms with van der Waals surface area (Å²) in [6, 6.07) is 15.2. The highest BCUT2D eigenvalue weighted by atomic mass is 32.2. The van der Waals surface area contributed by atoms with Crippen LogP contribution in [-0.2, 0) is 16.0 Å². The fraction of sp³-hybridized carbons (Fsp3) is 0.200. The van der Waals surface area contributed by atoms with E-state index >= 15 is 0 Å². The molecule has 0 radical (unpaired) electrons. The third-order valence-corrected chi connectivity index (χ3v) is 4.95. The number of nitrogens with zero attached hydrogens (tertiary/aromatic N) is 1. The highest BCUT2D eigenvalue weighted by Crippen LogP contribution is 2.15. The van der Waals surface area contributed by atoms with E-state index in [1.807, 2.05) is 30.3 Å². The van der Waals surface area contributed by atoms with E-state index in [0.29, 0.717) is 21.8 Å². The summed E-state index contributed by atoms with van der Waals surface area (Å²) in [5.41, 5.74) is 1.20. The Morgan fingerprint density at radius 2 is 1.82 bits per heavy atom. The van der Waals surface area contributed by atoms with Crippen LogP contribution in [-0.4, -0.2) is 38.7 Å². The number of carbonyl (C=O) groups excluding carboxylic acids is 1. The average molecular weight is 397 g/mol. The first-order chi connectivity index (χ1) is 13.5. The molecule has 0 aliphatic carbocycles. The van der Waals surface area contributed by atoms with Crippen LogP contribution in [0.1, 0.15) is 12.0 Å². The van der Waals surface area contributed by atoms with Crippen molar-refractivity contribution in [3.63, 3.8) is 0 Å². The van der Waals surface area contributed by atoms with Gasteiger partial charge in [0.1, 0.15) is 6.04 Å². The number of para-hydroxylation sites is 1. The fourth-order valence-corrected chi connectivity index (χ4v) is 3.50. The average Bonchev–Trinajstić information content (AvgIpc) is 2.68. The van der Waals surface area contributed by atoms with E-state index in [1.54, 1.807) is 24.3 Å². The Bertz CT molecular complexity index is 1040. The minimum absolute atomic E-state index is 0.111. The molecular weight excluding hydrogens is 378 g/mol. The highest BCUT2D eigenvalue weighted by Gasteiger charge is 2.20. The van der Waals surface area contributed by atoms with Gasteiger partial charge in [-0.2, -0.15) is 0 Å². The largest absolute Gasteiger partial charge is 0.480 e. The number of hydrogen-bond donors (Lipinski definition) is 3. The van der Waals surface area contributed by atoms with E-state index in [-0.39, 0.29) is 24.3 Å². The topological polar surface area (TPSA) is 112 Å². The molecule has 1 amide bonds. The van der Waals surface area contributed by atoms with Crippen LogP contribution < -0.4 is 10.9 Å². The summed E-state index contributed by atoms with van der Waals surface area (Å²) in [7, 11) is 0. The number of aromatic nitrogens is 2. The molecular formula is C20H19N3O4S. The van der Waals surface area contributed by atoms with Crippen LogP contribution in [0.25, 0.3) is 10.9 Å². The van der Waals surface area contributed by atoms with Gasteiger partial charge in [0.15, 0.2) is 5.16 Å². The summed E-state index contributed by atoms with van der Waals surface area (Å²) in [6.07, 6.45) is 0.328. The lowest BCUT2D eigenvalue weighted by Crippen LogP contribution is -2.42. The summed E-state index contributed by atoms with van der Waals surface area (Å²) in [4.78, 5) is 42.6. The molecule has 3 aromatic rings. The molecule has 0 bridgehead atoms. The number of fused-ring (bicyclic) bond motifs is 1. The molecule has 0 spiro atoms. The van der Waals surface area contributed by atoms with Crippen molar-refractivity contribution in [3.8, 4) is 0 Å². The monoisotopic (exact) mass is 397 g/mol. The van der Waals surface area contributed by atoms with Crippen molar-refractivity contribution in [1.29, 1.82) is 0 Å². The molecule has 2 aromatic carbocycles. The van der Waals surface area contributed by atoms with Gasteiger partial charge in [0, 0.05) is 18.6 Å². The SMILES string of the molecule is O=C(CCSc1nc2ccccc2c(=O)[nH]1)N[C@H](Cc1ccccc1)C(=O)O. The summed E-state index contributed by atoms with van der Waals surface area (Å²) in [6.45, 7) is 0. The maximum atomic E-state index is 12.1. The van der Waals surface area contributed by atoms with Crippen LogP contribution in [0.2, 0.25) is 0 Å². The Morgan fingerprint density at radius 3 is 2.57 bits per heavy atom. The molecule has 8 heteroatoms. The number of aliphatic carboxylic acids is 1. The quantitative estimate of drug-likeness (QED) is 0.397. The molecule has 0 aliphatic heterocycles. The van der Waals surface area contributed by atoms with Crippen molar-refractivity contribution in [2.45, 2.75) is 24.0 Å².